The Morgan fingerprint density at radius 2 is 1.95 bits per heavy atom. The number of ether oxygens (including phenoxy) is 2. The van der Waals surface area contributed by atoms with Crippen LogP contribution in [0.4, 0.5) is 0 Å². The molecular formula is C17H26N2O3. The van der Waals surface area contributed by atoms with Gasteiger partial charge in [0.25, 0.3) is 0 Å². The summed E-state index contributed by atoms with van der Waals surface area (Å²) in [4.78, 5) is 2.22. The molecule has 5 heteroatoms. The Balaban J connectivity index is 1.70. The van der Waals surface area contributed by atoms with Crippen molar-refractivity contribution in [3.8, 4) is 0 Å². The molecule has 5 nitrogen and oxygen atoms in total. The third kappa shape index (κ3) is 3.05. The minimum atomic E-state index is -0.491. The first-order valence-electron chi connectivity index (χ1n) is 8.21. The van der Waals surface area contributed by atoms with E-state index in [4.69, 9.17) is 9.47 Å². The van der Waals surface area contributed by atoms with Crippen LogP contribution in [-0.4, -0.2) is 60.3 Å². The summed E-state index contributed by atoms with van der Waals surface area (Å²) in [5.41, 5.74) is 1.20. The Bertz CT molecular complexity index is 464. The molecule has 0 amide bonds. The average Bonchev–Trinajstić information content (AvgIpc) is 2.97. The monoisotopic (exact) mass is 306 g/mol. The van der Waals surface area contributed by atoms with Gasteiger partial charge in [-0.25, -0.2) is 0 Å². The van der Waals surface area contributed by atoms with Gasteiger partial charge in [0.05, 0.1) is 24.8 Å². The standard InChI is InChI=1S/C17H26N2O3/c1-3-19(4-2)15-16(20)14(13-11-21-17(15)22-13)18-10-12-8-6-5-7-9-12/h5-9,13-18,20H,3-4,10-11H2,1-2H3/t13-,14-,15-,16+,17-/m1/s1. The molecule has 1 aromatic rings. The number of fused-ring (bicyclic) bond motifs is 2. The maximum atomic E-state index is 10.9. The van der Waals surface area contributed by atoms with Gasteiger partial charge in [-0.3, -0.25) is 4.90 Å². The summed E-state index contributed by atoms with van der Waals surface area (Å²) < 4.78 is 11.7. The molecule has 0 aliphatic carbocycles. The van der Waals surface area contributed by atoms with Crippen molar-refractivity contribution in [3.63, 3.8) is 0 Å². The zero-order valence-electron chi connectivity index (χ0n) is 13.3. The molecule has 2 heterocycles. The first kappa shape index (κ1) is 15.9. The number of aliphatic hydroxyl groups is 1. The minimum Gasteiger partial charge on any atom is -0.390 e. The Morgan fingerprint density at radius 1 is 1.23 bits per heavy atom. The van der Waals surface area contributed by atoms with E-state index in [1.165, 1.54) is 5.56 Å². The maximum absolute atomic E-state index is 10.9. The maximum Gasteiger partial charge on any atom is 0.176 e. The number of likely N-dealkylation sites (N-methyl/N-ethyl adjacent to an activating group) is 1. The lowest BCUT2D eigenvalue weighted by Gasteiger charge is -2.43. The van der Waals surface area contributed by atoms with E-state index in [1.807, 2.05) is 18.2 Å². The lowest BCUT2D eigenvalue weighted by Crippen LogP contribution is -2.64. The number of hydrogen-bond acceptors (Lipinski definition) is 5. The van der Waals surface area contributed by atoms with Crippen LogP contribution in [0.2, 0.25) is 0 Å². The van der Waals surface area contributed by atoms with Gasteiger partial charge in [-0.1, -0.05) is 44.2 Å². The molecule has 0 spiro atoms. The van der Waals surface area contributed by atoms with E-state index in [9.17, 15) is 5.11 Å². The molecule has 2 saturated heterocycles. The zero-order valence-corrected chi connectivity index (χ0v) is 13.3. The second-order valence-electron chi connectivity index (χ2n) is 5.97. The van der Waals surface area contributed by atoms with Crippen molar-refractivity contribution in [1.29, 1.82) is 0 Å². The normalized spacial score (nSPS) is 34.3. The summed E-state index contributed by atoms with van der Waals surface area (Å²) in [6, 6.07) is 10.0. The van der Waals surface area contributed by atoms with Gasteiger partial charge in [0.1, 0.15) is 6.10 Å². The number of hydrogen-bond donors (Lipinski definition) is 2. The summed E-state index contributed by atoms with van der Waals surface area (Å²) in [6.07, 6.45) is -0.875. The summed E-state index contributed by atoms with van der Waals surface area (Å²) in [6.45, 7) is 7.21. The molecule has 2 aliphatic heterocycles. The van der Waals surface area contributed by atoms with Gasteiger partial charge < -0.3 is 19.9 Å². The van der Waals surface area contributed by atoms with Crippen molar-refractivity contribution in [2.24, 2.45) is 0 Å². The Labute approximate surface area is 132 Å². The van der Waals surface area contributed by atoms with Crippen molar-refractivity contribution in [3.05, 3.63) is 35.9 Å². The van der Waals surface area contributed by atoms with E-state index < -0.39 is 6.10 Å². The first-order chi connectivity index (χ1) is 10.7. The van der Waals surface area contributed by atoms with Crippen LogP contribution in [0.1, 0.15) is 19.4 Å². The molecule has 2 N–H and O–H groups in total. The number of aliphatic hydroxyl groups excluding tert-OH is 1. The molecule has 0 aromatic heterocycles. The molecule has 5 atom stereocenters. The predicted octanol–water partition coefficient (Wildman–Crippen LogP) is 0.971. The van der Waals surface area contributed by atoms with Gasteiger partial charge >= 0.3 is 0 Å². The van der Waals surface area contributed by atoms with E-state index >= 15 is 0 Å². The first-order valence-corrected chi connectivity index (χ1v) is 8.21. The highest BCUT2D eigenvalue weighted by molar-refractivity contribution is 5.15. The van der Waals surface area contributed by atoms with Crippen molar-refractivity contribution in [1.82, 2.24) is 10.2 Å². The van der Waals surface area contributed by atoms with E-state index in [2.05, 4.69) is 36.2 Å². The molecule has 0 radical (unpaired) electrons. The van der Waals surface area contributed by atoms with Gasteiger partial charge in [-0.2, -0.15) is 0 Å². The fourth-order valence-corrected chi connectivity index (χ4v) is 3.52. The number of benzene rings is 1. The van der Waals surface area contributed by atoms with Crippen LogP contribution in [0.25, 0.3) is 0 Å². The average molecular weight is 306 g/mol. The quantitative estimate of drug-likeness (QED) is 0.820. The van der Waals surface area contributed by atoms with Crippen LogP contribution in [-0.2, 0) is 16.0 Å². The minimum absolute atomic E-state index is 0.0736. The van der Waals surface area contributed by atoms with Gasteiger partial charge in [0.15, 0.2) is 6.29 Å². The largest absolute Gasteiger partial charge is 0.390 e. The second kappa shape index (κ2) is 7.06. The third-order valence-corrected chi connectivity index (χ3v) is 4.75. The van der Waals surface area contributed by atoms with E-state index in [1.54, 1.807) is 0 Å². The molecule has 2 bridgehead atoms. The summed E-state index contributed by atoms with van der Waals surface area (Å²) >= 11 is 0. The van der Waals surface area contributed by atoms with E-state index in [0.717, 1.165) is 19.6 Å². The molecule has 122 valence electrons. The van der Waals surface area contributed by atoms with Crippen LogP contribution in [0.15, 0.2) is 30.3 Å². The molecule has 2 aliphatic rings. The summed E-state index contributed by atoms with van der Waals surface area (Å²) in [5, 5.41) is 14.3. The third-order valence-electron chi connectivity index (χ3n) is 4.75. The molecule has 22 heavy (non-hydrogen) atoms. The van der Waals surface area contributed by atoms with Crippen molar-refractivity contribution < 1.29 is 14.6 Å². The van der Waals surface area contributed by atoms with E-state index in [-0.39, 0.29) is 24.5 Å². The van der Waals surface area contributed by atoms with Gasteiger partial charge in [0.2, 0.25) is 0 Å². The van der Waals surface area contributed by atoms with Crippen molar-refractivity contribution in [2.45, 2.75) is 51.0 Å². The van der Waals surface area contributed by atoms with Crippen LogP contribution in [0.5, 0.6) is 0 Å². The lowest BCUT2D eigenvalue weighted by atomic mass is 9.94. The Hall–Kier alpha value is -0.980. The van der Waals surface area contributed by atoms with Crippen LogP contribution >= 0.6 is 0 Å². The van der Waals surface area contributed by atoms with Crippen LogP contribution < -0.4 is 5.32 Å². The SMILES string of the molecule is CCN(CC)[C@H]1[C@@H]2OC[C@@H](O2)[C@@H](NCc2ccccc2)[C@@H]1O. The Kier molecular flexibility index (Phi) is 5.10. The molecule has 1 aromatic carbocycles. The number of nitrogens with zero attached hydrogens (tertiary/aromatic N) is 1. The van der Waals surface area contributed by atoms with Crippen LogP contribution in [0, 0.1) is 0 Å². The summed E-state index contributed by atoms with van der Waals surface area (Å²) in [5.74, 6) is 0. The smallest absolute Gasteiger partial charge is 0.176 e. The second-order valence-corrected chi connectivity index (χ2v) is 5.97. The highest BCUT2D eigenvalue weighted by atomic mass is 16.7. The predicted molar refractivity (Wildman–Crippen MR) is 84.4 cm³/mol. The number of rotatable bonds is 6. The van der Waals surface area contributed by atoms with Gasteiger partial charge in [-0.15, -0.1) is 0 Å². The molecule has 2 fully saturated rings. The fraction of sp³-hybridized carbons (Fsp3) is 0.647. The van der Waals surface area contributed by atoms with Crippen molar-refractivity contribution in [2.75, 3.05) is 19.7 Å². The topological polar surface area (TPSA) is 54.0 Å². The highest BCUT2D eigenvalue weighted by Crippen LogP contribution is 2.31. The highest BCUT2D eigenvalue weighted by Gasteiger charge is 2.51. The van der Waals surface area contributed by atoms with Gasteiger partial charge in [-0.05, 0) is 18.7 Å². The fourth-order valence-electron chi connectivity index (χ4n) is 3.52. The van der Waals surface area contributed by atoms with Crippen LogP contribution in [0.3, 0.4) is 0 Å². The molecule has 0 saturated carbocycles. The summed E-state index contributed by atoms with van der Waals surface area (Å²) in [7, 11) is 0. The lowest BCUT2D eigenvalue weighted by molar-refractivity contribution is -0.181. The van der Waals surface area contributed by atoms with Gasteiger partial charge in [0, 0.05) is 6.54 Å². The van der Waals surface area contributed by atoms with E-state index in [0.29, 0.717) is 6.61 Å². The number of nitrogens with one attached hydrogen (secondary N) is 1. The molecule has 0 unspecified atom stereocenters. The Morgan fingerprint density at radius 3 is 2.64 bits per heavy atom. The molecule has 3 rings (SSSR count). The zero-order chi connectivity index (χ0) is 15.5. The molecular weight excluding hydrogens is 280 g/mol. The van der Waals surface area contributed by atoms with Crippen molar-refractivity contribution >= 4 is 0 Å².